The molecule has 0 aliphatic heterocycles. The van der Waals surface area contributed by atoms with E-state index >= 15 is 0 Å². The minimum atomic E-state index is -0.500. The summed E-state index contributed by atoms with van der Waals surface area (Å²) >= 11 is 5.57. The maximum absolute atomic E-state index is 11.6. The topological polar surface area (TPSA) is 72.2 Å². The standard InChI is InChI=1S/C11H13ClN2O3/c1-7-3-4-9(14(16)17)5-10(7)13-11(15)8(2)6-12/h3-5,8H,6H2,1-2H3,(H,13,15). The summed E-state index contributed by atoms with van der Waals surface area (Å²) in [7, 11) is 0. The van der Waals surface area contributed by atoms with E-state index in [2.05, 4.69) is 5.32 Å². The van der Waals surface area contributed by atoms with Gasteiger partial charge in [-0.05, 0) is 12.5 Å². The van der Waals surface area contributed by atoms with E-state index in [0.29, 0.717) is 5.69 Å². The van der Waals surface area contributed by atoms with Crippen molar-refractivity contribution in [2.24, 2.45) is 5.92 Å². The van der Waals surface area contributed by atoms with Gasteiger partial charge < -0.3 is 5.32 Å². The van der Waals surface area contributed by atoms with Gasteiger partial charge in [-0.15, -0.1) is 11.6 Å². The Morgan fingerprint density at radius 3 is 2.76 bits per heavy atom. The van der Waals surface area contributed by atoms with Crippen LogP contribution in [0, 0.1) is 23.0 Å². The number of nitro groups is 1. The lowest BCUT2D eigenvalue weighted by Gasteiger charge is -2.11. The number of amides is 1. The number of carbonyl (C=O) groups is 1. The molecule has 1 N–H and O–H groups in total. The average molecular weight is 257 g/mol. The van der Waals surface area contributed by atoms with Gasteiger partial charge in [0.05, 0.1) is 10.6 Å². The third kappa shape index (κ3) is 3.42. The summed E-state index contributed by atoms with van der Waals surface area (Å²) in [4.78, 5) is 21.7. The second kappa shape index (κ2) is 5.63. The largest absolute Gasteiger partial charge is 0.325 e. The predicted molar refractivity (Wildman–Crippen MR) is 66.3 cm³/mol. The summed E-state index contributed by atoms with van der Waals surface area (Å²) < 4.78 is 0. The number of aryl methyl sites for hydroxylation is 1. The van der Waals surface area contributed by atoms with Gasteiger partial charge in [0.2, 0.25) is 5.91 Å². The van der Waals surface area contributed by atoms with Crippen LogP contribution in [0.15, 0.2) is 18.2 Å². The first-order valence-corrected chi connectivity index (χ1v) is 5.61. The van der Waals surface area contributed by atoms with Gasteiger partial charge in [0.15, 0.2) is 0 Å². The second-order valence-electron chi connectivity index (χ2n) is 3.80. The Hall–Kier alpha value is -1.62. The molecule has 1 aromatic carbocycles. The van der Waals surface area contributed by atoms with Crippen molar-refractivity contribution >= 4 is 28.9 Å². The summed E-state index contributed by atoms with van der Waals surface area (Å²) in [5, 5.41) is 13.2. The van der Waals surface area contributed by atoms with Crippen LogP contribution in [-0.4, -0.2) is 16.7 Å². The van der Waals surface area contributed by atoms with Crippen molar-refractivity contribution in [2.75, 3.05) is 11.2 Å². The number of non-ortho nitro benzene ring substituents is 1. The average Bonchev–Trinajstić information content (AvgIpc) is 2.30. The Morgan fingerprint density at radius 1 is 1.59 bits per heavy atom. The van der Waals surface area contributed by atoms with E-state index in [-0.39, 0.29) is 23.4 Å². The number of benzene rings is 1. The Labute approximate surface area is 104 Å². The molecule has 1 atom stereocenters. The van der Waals surface area contributed by atoms with Gasteiger partial charge in [-0.2, -0.15) is 0 Å². The maximum Gasteiger partial charge on any atom is 0.271 e. The highest BCUT2D eigenvalue weighted by atomic mass is 35.5. The minimum Gasteiger partial charge on any atom is -0.325 e. The zero-order chi connectivity index (χ0) is 13.0. The van der Waals surface area contributed by atoms with Gasteiger partial charge in [-0.3, -0.25) is 14.9 Å². The second-order valence-corrected chi connectivity index (χ2v) is 4.11. The number of carbonyl (C=O) groups excluding carboxylic acids is 1. The van der Waals surface area contributed by atoms with E-state index < -0.39 is 4.92 Å². The smallest absolute Gasteiger partial charge is 0.271 e. The van der Waals surface area contributed by atoms with Crippen LogP contribution in [0.3, 0.4) is 0 Å². The zero-order valence-corrected chi connectivity index (χ0v) is 10.3. The van der Waals surface area contributed by atoms with Gasteiger partial charge in [0, 0.05) is 23.9 Å². The highest BCUT2D eigenvalue weighted by Crippen LogP contribution is 2.22. The normalized spacial score (nSPS) is 11.9. The van der Waals surface area contributed by atoms with E-state index in [1.807, 2.05) is 0 Å². The molecule has 0 heterocycles. The summed E-state index contributed by atoms with van der Waals surface area (Å²) in [6, 6.07) is 4.34. The molecule has 0 bridgehead atoms. The molecule has 0 fully saturated rings. The van der Waals surface area contributed by atoms with Gasteiger partial charge >= 0.3 is 0 Å². The van der Waals surface area contributed by atoms with E-state index in [9.17, 15) is 14.9 Å². The van der Waals surface area contributed by atoms with Crippen molar-refractivity contribution in [1.82, 2.24) is 0 Å². The van der Waals surface area contributed by atoms with Crippen molar-refractivity contribution < 1.29 is 9.72 Å². The number of hydrogen-bond donors (Lipinski definition) is 1. The van der Waals surface area contributed by atoms with Crippen LogP contribution in [0.5, 0.6) is 0 Å². The number of nitro benzene ring substituents is 1. The van der Waals surface area contributed by atoms with Crippen LogP contribution in [-0.2, 0) is 4.79 Å². The van der Waals surface area contributed by atoms with Crippen molar-refractivity contribution in [1.29, 1.82) is 0 Å². The number of hydrogen-bond acceptors (Lipinski definition) is 3. The fraction of sp³-hybridized carbons (Fsp3) is 0.364. The van der Waals surface area contributed by atoms with Crippen molar-refractivity contribution in [3.63, 3.8) is 0 Å². The molecule has 5 nitrogen and oxygen atoms in total. The van der Waals surface area contributed by atoms with Crippen LogP contribution in [0.25, 0.3) is 0 Å². The maximum atomic E-state index is 11.6. The SMILES string of the molecule is Cc1ccc([N+](=O)[O-])cc1NC(=O)C(C)CCl. The van der Waals surface area contributed by atoms with E-state index in [1.54, 1.807) is 19.9 Å². The molecule has 0 aliphatic rings. The molecule has 1 aromatic rings. The molecule has 17 heavy (non-hydrogen) atoms. The van der Waals surface area contributed by atoms with Gasteiger partial charge in [-0.1, -0.05) is 13.0 Å². The van der Waals surface area contributed by atoms with Crippen LogP contribution in [0.1, 0.15) is 12.5 Å². The van der Waals surface area contributed by atoms with Crippen LogP contribution >= 0.6 is 11.6 Å². The molecular weight excluding hydrogens is 244 g/mol. The van der Waals surface area contributed by atoms with E-state index in [4.69, 9.17) is 11.6 Å². The third-order valence-corrected chi connectivity index (χ3v) is 2.83. The van der Waals surface area contributed by atoms with Crippen molar-refractivity contribution in [3.05, 3.63) is 33.9 Å². The van der Waals surface area contributed by atoms with Gasteiger partial charge in [0.1, 0.15) is 0 Å². The van der Waals surface area contributed by atoms with E-state index in [1.165, 1.54) is 12.1 Å². The first-order chi connectivity index (χ1) is 7.95. The van der Waals surface area contributed by atoms with E-state index in [0.717, 1.165) is 5.56 Å². The predicted octanol–water partition coefficient (Wildman–Crippen LogP) is 2.72. The Balaban J connectivity index is 2.94. The highest BCUT2D eigenvalue weighted by Gasteiger charge is 2.14. The minimum absolute atomic E-state index is 0.0515. The van der Waals surface area contributed by atoms with Crippen LogP contribution in [0.4, 0.5) is 11.4 Å². The molecule has 0 spiro atoms. The summed E-state index contributed by atoms with van der Waals surface area (Å²) in [5.74, 6) is -0.376. The van der Waals surface area contributed by atoms with Crippen LogP contribution < -0.4 is 5.32 Å². The molecule has 0 saturated carbocycles. The fourth-order valence-corrected chi connectivity index (χ4v) is 1.32. The quantitative estimate of drug-likeness (QED) is 0.511. The Morgan fingerprint density at radius 2 is 2.24 bits per heavy atom. The van der Waals surface area contributed by atoms with Gasteiger partial charge in [0.25, 0.3) is 5.69 Å². The summed E-state index contributed by atoms with van der Waals surface area (Å²) in [6.07, 6.45) is 0. The number of anilines is 1. The van der Waals surface area contributed by atoms with Crippen molar-refractivity contribution in [3.8, 4) is 0 Å². The molecule has 0 aromatic heterocycles. The molecule has 0 aliphatic carbocycles. The first kappa shape index (κ1) is 13.4. The zero-order valence-electron chi connectivity index (χ0n) is 9.57. The molecular formula is C11H13ClN2O3. The fourth-order valence-electron chi connectivity index (χ4n) is 1.18. The summed E-state index contributed by atoms with van der Waals surface area (Å²) in [6.45, 7) is 3.46. The number of rotatable bonds is 4. The number of nitrogens with one attached hydrogen (secondary N) is 1. The lowest BCUT2D eigenvalue weighted by molar-refractivity contribution is -0.384. The Bertz CT molecular complexity index is 448. The summed E-state index contributed by atoms with van der Waals surface area (Å²) in [5.41, 5.74) is 1.16. The molecule has 6 heteroatoms. The molecule has 1 amide bonds. The molecule has 0 radical (unpaired) electrons. The monoisotopic (exact) mass is 256 g/mol. The lowest BCUT2D eigenvalue weighted by Crippen LogP contribution is -2.21. The molecule has 1 unspecified atom stereocenters. The first-order valence-electron chi connectivity index (χ1n) is 5.07. The number of alkyl halides is 1. The third-order valence-electron chi connectivity index (χ3n) is 2.37. The highest BCUT2D eigenvalue weighted by molar-refractivity contribution is 6.19. The molecule has 1 rings (SSSR count). The number of halogens is 1. The van der Waals surface area contributed by atoms with Crippen molar-refractivity contribution in [2.45, 2.75) is 13.8 Å². The van der Waals surface area contributed by atoms with Gasteiger partial charge in [-0.25, -0.2) is 0 Å². The lowest BCUT2D eigenvalue weighted by atomic mass is 10.1. The molecule has 0 saturated heterocycles. The Kier molecular flexibility index (Phi) is 4.45. The number of nitrogens with zero attached hydrogens (tertiary/aromatic N) is 1. The molecule has 92 valence electrons. The van der Waals surface area contributed by atoms with Crippen LogP contribution in [0.2, 0.25) is 0 Å².